The Morgan fingerprint density at radius 2 is 0.353 bits per heavy atom. The fourth-order valence-electron chi connectivity index (χ4n) is 23.0. The molecule has 0 aliphatic rings. The van der Waals surface area contributed by atoms with Crippen molar-refractivity contribution in [3.05, 3.63) is 514 Å². The number of fused-ring (bicyclic) bond motifs is 18. The summed E-state index contributed by atoms with van der Waals surface area (Å²) in [5.74, 6) is 0. The average Bonchev–Trinajstić information content (AvgIpc) is 1.68. The zero-order chi connectivity index (χ0) is 92.5. The highest BCUT2D eigenvalue weighted by atomic mass is 15.0. The van der Waals surface area contributed by atoms with Crippen molar-refractivity contribution >= 4 is 162 Å². The van der Waals surface area contributed by atoms with Crippen molar-refractivity contribution in [1.29, 1.82) is 0 Å². The Bertz CT molecular complexity index is 9570. The lowest BCUT2D eigenvalue weighted by Crippen LogP contribution is -1.95. The molecule has 139 heavy (non-hydrogen) atoms. The zero-order valence-corrected chi connectivity index (χ0v) is 77.6. The molecule has 0 spiro atoms. The van der Waals surface area contributed by atoms with E-state index < -0.39 is 0 Å². The number of rotatable bonds is 10. The Morgan fingerprint density at radius 1 is 0.129 bits per heavy atom. The van der Waals surface area contributed by atoms with Crippen LogP contribution in [0.5, 0.6) is 0 Å². The molecule has 0 saturated carbocycles. The van der Waals surface area contributed by atoms with Gasteiger partial charge in [-0.3, -0.25) is 0 Å². The fraction of sp³-hybridized carbons (Fsp3) is 0.0294. The molecule has 0 saturated heterocycles. The van der Waals surface area contributed by atoms with E-state index in [1.807, 2.05) is 0 Å². The van der Waals surface area contributed by atoms with E-state index >= 15 is 0 Å². The van der Waals surface area contributed by atoms with E-state index in [1.54, 1.807) is 0 Å². The zero-order valence-electron chi connectivity index (χ0n) is 77.6. The van der Waals surface area contributed by atoms with Crippen LogP contribution in [0, 0.1) is 27.7 Å². The third-order valence-electron chi connectivity index (χ3n) is 29.5. The van der Waals surface area contributed by atoms with E-state index in [9.17, 15) is 0 Å². The molecule has 0 unspecified atom stereocenters. The Balaban J connectivity index is 0.000000108. The molecule has 3 aromatic heterocycles. The van der Waals surface area contributed by atoms with Crippen LogP contribution in [-0.2, 0) is 0 Å². The standard InChI is InChI=1S/C49H33N.C44H31N.C43H29N/c1-32-22-24-33(25-23-32)36-30-31-45(38-13-3-2-12-37(36)38)49-43-18-6-4-16-41(43)48(42-17-5-7-19-44(42)49)34-26-28-35(29-27-34)50-46-20-10-8-14-39(46)40-15-9-11-21-47(40)50;1-28-26-39-40(27-29(28)2)44(36-19-11-13-30-12-3-4-14-33(30)36)38-18-6-5-17-37(38)43(39)31-22-24-32(25-23-31)45-41-20-9-7-15-34(41)35-16-8-10-21-42(35)45;1-28-22-27-39(32-13-3-2-12-31(28)32)43-37-18-6-4-16-35(37)42(36-17-5-7-19-38(36)43)29-23-25-30(26-24-29)44-40-20-10-8-14-33(40)34-15-9-11-21-41(34)44/h2-31H,1H3;3-27H,1-2H3;2-27H,1H3. The molecule has 3 nitrogen and oxygen atoms in total. The summed E-state index contributed by atoms with van der Waals surface area (Å²) in [5.41, 5.74) is 33.8. The molecular weight excluding hydrogens is 1680 g/mol. The summed E-state index contributed by atoms with van der Waals surface area (Å²) in [6.45, 7) is 8.81. The topological polar surface area (TPSA) is 14.8 Å². The van der Waals surface area contributed by atoms with Gasteiger partial charge in [0.2, 0.25) is 0 Å². The van der Waals surface area contributed by atoms with Gasteiger partial charge in [0.1, 0.15) is 0 Å². The van der Waals surface area contributed by atoms with Gasteiger partial charge in [0.05, 0.1) is 33.1 Å². The van der Waals surface area contributed by atoms with E-state index in [-0.39, 0.29) is 0 Å². The number of benzene rings is 25. The predicted molar refractivity (Wildman–Crippen MR) is 597 cm³/mol. The number of nitrogens with zero attached hydrogens (tertiary/aromatic N) is 3. The summed E-state index contributed by atoms with van der Waals surface area (Å²) in [6.07, 6.45) is 0. The van der Waals surface area contributed by atoms with Crippen LogP contribution in [0.2, 0.25) is 0 Å². The van der Waals surface area contributed by atoms with Gasteiger partial charge in [0.25, 0.3) is 0 Å². The molecule has 0 amide bonds. The summed E-state index contributed by atoms with van der Waals surface area (Å²) in [5, 5.41) is 30.7. The lowest BCUT2D eigenvalue weighted by molar-refractivity contribution is 1.18. The van der Waals surface area contributed by atoms with Gasteiger partial charge in [-0.25, -0.2) is 0 Å². The van der Waals surface area contributed by atoms with Crippen molar-refractivity contribution < 1.29 is 0 Å². The van der Waals surface area contributed by atoms with Crippen LogP contribution in [0.4, 0.5) is 0 Å². The quantitative estimate of drug-likeness (QED) is 0.121. The molecule has 0 atom stereocenters. The molecule has 0 bridgehead atoms. The van der Waals surface area contributed by atoms with Crippen LogP contribution in [-0.4, -0.2) is 13.7 Å². The van der Waals surface area contributed by atoms with E-state index in [0.29, 0.717) is 0 Å². The second-order valence-electron chi connectivity index (χ2n) is 37.3. The first-order chi connectivity index (χ1) is 68.7. The highest BCUT2D eigenvalue weighted by molar-refractivity contribution is 6.28. The van der Waals surface area contributed by atoms with E-state index in [0.717, 1.165) is 5.69 Å². The largest absolute Gasteiger partial charge is 0.309 e. The Labute approximate surface area is 806 Å². The first-order valence-electron chi connectivity index (χ1n) is 48.4. The van der Waals surface area contributed by atoms with Gasteiger partial charge in [-0.05, 0) is 292 Å². The minimum absolute atomic E-state index is 1.16. The summed E-state index contributed by atoms with van der Waals surface area (Å²) < 4.78 is 7.16. The smallest absolute Gasteiger partial charge is 0.0541 e. The molecule has 3 heterocycles. The SMILES string of the molecule is Cc1cc2c(-c3ccc(-n4c5ccccc5c5ccccc54)cc3)c3ccccc3c(-c3cccc4ccccc34)c2cc1C.Cc1ccc(-c2c3ccccc3c(-c3ccc(-n4c5ccccc5c5ccccc54)cc3)c3ccccc23)c2ccccc12.Cc1ccc(-c2ccc(-c3c4ccccc4c(-c4ccc(-n5c6ccccc6c6ccccc65)cc4)c4ccccc34)c3ccccc23)cc1. The third-order valence-corrected chi connectivity index (χ3v) is 29.5. The van der Waals surface area contributed by atoms with E-state index in [1.165, 1.54) is 274 Å². The first kappa shape index (κ1) is 82.0. The van der Waals surface area contributed by atoms with Crippen molar-refractivity contribution in [3.8, 4) is 95.0 Å². The lowest BCUT2D eigenvalue weighted by atomic mass is 9.83. The molecular formula is C136H93N3. The summed E-state index contributed by atoms with van der Waals surface area (Å²) in [7, 11) is 0. The molecule has 0 N–H and O–H groups in total. The summed E-state index contributed by atoms with van der Waals surface area (Å²) in [4.78, 5) is 0. The number of aromatic nitrogens is 3. The molecule has 28 rings (SSSR count). The normalized spacial score (nSPS) is 11.7. The molecule has 28 aromatic rings. The Hall–Kier alpha value is -17.8. The number of hydrogen-bond donors (Lipinski definition) is 0. The highest BCUT2D eigenvalue weighted by Gasteiger charge is 2.26. The maximum atomic E-state index is 2.41. The second-order valence-corrected chi connectivity index (χ2v) is 37.3. The van der Waals surface area contributed by atoms with Gasteiger partial charge in [-0.2, -0.15) is 0 Å². The number of hydrogen-bond acceptors (Lipinski definition) is 0. The summed E-state index contributed by atoms with van der Waals surface area (Å²) >= 11 is 0. The molecule has 0 radical (unpaired) electrons. The van der Waals surface area contributed by atoms with Crippen LogP contribution in [0.1, 0.15) is 22.3 Å². The number of para-hydroxylation sites is 6. The van der Waals surface area contributed by atoms with Gasteiger partial charge in [-0.15, -0.1) is 0 Å². The maximum Gasteiger partial charge on any atom is 0.0541 e. The molecule has 0 fully saturated rings. The van der Waals surface area contributed by atoms with Crippen LogP contribution in [0.3, 0.4) is 0 Å². The minimum Gasteiger partial charge on any atom is -0.309 e. The van der Waals surface area contributed by atoms with Crippen molar-refractivity contribution in [1.82, 2.24) is 13.7 Å². The highest BCUT2D eigenvalue weighted by Crippen LogP contribution is 2.52. The molecule has 0 aliphatic carbocycles. The Kier molecular flexibility index (Phi) is 19.9. The van der Waals surface area contributed by atoms with Gasteiger partial charge >= 0.3 is 0 Å². The van der Waals surface area contributed by atoms with Gasteiger partial charge in [-0.1, -0.05) is 424 Å². The monoisotopic (exact) mass is 1770 g/mol. The third kappa shape index (κ3) is 13.5. The van der Waals surface area contributed by atoms with Gasteiger partial charge in [0, 0.05) is 49.4 Å². The maximum absolute atomic E-state index is 2.41. The van der Waals surface area contributed by atoms with Crippen LogP contribution in [0.25, 0.3) is 257 Å². The van der Waals surface area contributed by atoms with Crippen LogP contribution < -0.4 is 0 Å². The van der Waals surface area contributed by atoms with E-state index in [4.69, 9.17) is 0 Å². The lowest BCUT2D eigenvalue weighted by Gasteiger charge is -2.20. The Morgan fingerprint density at radius 3 is 0.698 bits per heavy atom. The fourth-order valence-corrected chi connectivity index (χ4v) is 23.0. The van der Waals surface area contributed by atoms with Gasteiger partial charge in [0.15, 0.2) is 0 Å². The second kappa shape index (κ2) is 33.7. The number of aryl methyl sites for hydroxylation is 4. The average molecular weight is 1770 g/mol. The van der Waals surface area contributed by atoms with E-state index in [2.05, 4.69) is 533 Å². The molecule has 25 aromatic carbocycles. The van der Waals surface area contributed by atoms with Crippen molar-refractivity contribution in [3.63, 3.8) is 0 Å². The minimum atomic E-state index is 1.16. The van der Waals surface area contributed by atoms with Crippen molar-refractivity contribution in [2.45, 2.75) is 27.7 Å². The van der Waals surface area contributed by atoms with Crippen LogP contribution in [0.15, 0.2) is 491 Å². The van der Waals surface area contributed by atoms with Crippen LogP contribution >= 0.6 is 0 Å². The first-order valence-corrected chi connectivity index (χ1v) is 48.4. The van der Waals surface area contributed by atoms with Crippen molar-refractivity contribution in [2.75, 3.05) is 0 Å². The van der Waals surface area contributed by atoms with Gasteiger partial charge < -0.3 is 13.7 Å². The molecule has 0 aliphatic heterocycles. The summed E-state index contributed by atoms with van der Waals surface area (Å²) in [6, 6.07) is 181. The molecule has 652 valence electrons. The van der Waals surface area contributed by atoms with Crippen molar-refractivity contribution in [2.24, 2.45) is 0 Å². The predicted octanol–water partition coefficient (Wildman–Crippen LogP) is 37.6. The molecule has 3 heteroatoms.